The largest absolute Gasteiger partial charge is 0.397 e. The number of benzene rings is 1. The van der Waals surface area contributed by atoms with Crippen LogP contribution in [0.1, 0.15) is 11.1 Å². The van der Waals surface area contributed by atoms with Crippen molar-refractivity contribution in [3.8, 4) is 0 Å². The molecule has 1 heterocycles. The monoisotopic (exact) mass is 441 g/mol. The highest BCUT2D eigenvalue weighted by atomic mass is 32.3. The van der Waals surface area contributed by atoms with Crippen LogP contribution in [0.3, 0.4) is 0 Å². The molecule has 0 spiro atoms. The summed E-state index contributed by atoms with van der Waals surface area (Å²) in [6.07, 6.45) is 0.662. The normalized spacial score (nSPS) is 11.8. The third kappa shape index (κ3) is 7.81. The first-order chi connectivity index (χ1) is 13.6. The molecule has 2 rings (SSSR count). The molecular formula is C18H23N3O6S2. The Morgan fingerprint density at radius 2 is 1.66 bits per heavy atom. The molecule has 0 amide bonds. The third-order valence-electron chi connectivity index (χ3n) is 3.80. The van der Waals surface area contributed by atoms with E-state index in [2.05, 4.69) is 26.4 Å². The van der Waals surface area contributed by atoms with E-state index in [1.807, 2.05) is 13.0 Å². The minimum Gasteiger partial charge on any atom is -0.370 e. The fourth-order valence-electron chi connectivity index (χ4n) is 2.45. The molecule has 29 heavy (non-hydrogen) atoms. The Bertz CT molecular complexity index is 1050. The number of aryl methyl sites for hydroxylation is 1. The fourth-order valence-corrected chi connectivity index (χ4v) is 3.45. The van der Waals surface area contributed by atoms with Gasteiger partial charge in [0.25, 0.3) is 0 Å². The van der Waals surface area contributed by atoms with Crippen LogP contribution in [0, 0.1) is 6.92 Å². The van der Waals surface area contributed by atoms with Crippen LogP contribution < -0.4 is 10.6 Å². The Hall–Kier alpha value is -2.47. The van der Waals surface area contributed by atoms with Crippen LogP contribution in [0.4, 0.5) is 11.6 Å². The van der Waals surface area contributed by atoms with E-state index < -0.39 is 20.2 Å². The Morgan fingerprint density at radius 1 is 1.07 bits per heavy atom. The first-order valence-corrected chi connectivity index (χ1v) is 11.5. The average molecular weight is 442 g/mol. The predicted molar refractivity (Wildman–Crippen MR) is 111 cm³/mol. The Kier molecular flexibility index (Phi) is 7.73. The zero-order valence-electron chi connectivity index (χ0n) is 15.8. The first kappa shape index (κ1) is 22.8. The van der Waals surface area contributed by atoms with Crippen molar-refractivity contribution in [3.05, 3.63) is 59.5 Å². The minimum absolute atomic E-state index is 0.148. The summed E-state index contributed by atoms with van der Waals surface area (Å²) in [5.41, 5.74) is 1.91. The van der Waals surface area contributed by atoms with E-state index in [4.69, 9.17) is 4.55 Å². The summed E-state index contributed by atoms with van der Waals surface area (Å²) >= 11 is 0. The standard InChI is InChI=1S/C18H23N3O6S2/c1-3-28(22,23)16-6-4-15(5-7-16)8-9-19-17-12-14(2)13-18(21-17)20-10-11-27-29(24,25)26/h3-7,12-13H,1,8-11H2,2H3,(H2,19,20,21)(H,24,25,26). The van der Waals surface area contributed by atoms with Crippen LogP contribution in [-0.4, -0.2) is 46.1 Å². The summed E-state index contributed by atoms with van der Waals surface area (Å²) in [7, 11) is -7.89. The van der Waals surface area contributed by atoms with Gasteiger partial charge in [0.05, 0.1) is 11.5 Å². The highest BCUT2D eigenvalue weighted by Gasteiger charge is 2.09. The minimum atomic E-state index is -4.46. The topological polar surface area (TPSA) is 135 Å². The van der Waals surface area contributed by atoms with Crippen molar-refractivity contribution in [1.29, 1.82) is 0 Å². The number of hydrogen-bond donors (Lipinski definition) is 3. The number of pyridine rings is 1. The molecule has 0 aliphatic heterocycles. The summed E-state index contributed by atoms with van der Waals surface area (Å²) in [6.45, 7) is 5.70. The average Bonchev–Trinajstić information content (AvgIpc) is 2.64. The number of nitrogens with one attached hydrogen (secondary N) is 2. The van der Waals surface area contributed by atoms with E-state index in [1.165, 1.54) is 0 Å². The van der Waals surface area contributed by atoms with Gasteiger partial charge in [-0.25, -0.2) is 17.6 Å². The van der Waals surface area contributed by atoms with Crippen LogP contribution in [0.5, 0.6) is 0 Å². The molecule has 158 valence electrons. The molecule has 2 aromatic rings. The molecular weight excluding hydrogens is 418 g/mol. The lowest BCUT2D eigenvalue weighted by Gasteiger charge is -2.11. The zero-order chi connectivity index (χ0) is 21.5. The van der Waals surface area contributed by atoms with Crippen molar-refractivity contribution in [2.45, 2.75) is 18.2 Å². The summed E-state index contributed by atoms with van der Waals surface area (Å²) in [5.74, 6) is 1.17. The van der Waals surface area contributed by atoms with Gasteiger partial charge in [-0.15, -0.1) is 0 Å². The maximum Gasteiger partial charge on any atom is 0.397 e. The first-order valence-electron chi connectivity index (χ1n) is 8.64. The van der Waals surface area contributed by atoms with Crippen LogP contribution in [0.25, 0.3) is 0 Å². The van der Waals surface area contributed by atoms with Crippen molar-refractivity contribution in [2.24, 2.45) is 0 Å². The van der Waals surface area contributed by atoms with Crippen LogP contribution >= 0.6 is 0 Å². The SMILES string of the molecule is C=CS(=O)(=O)c1ccc(CCNc2cc(C)cc(NCCOS(=O)(=O)O)n2)cc1. The number of rotatable bonds is 11. The van der Waals surface area contributed by atoms with Crippen molar-refractivity contribution >= 4 is 31.9 Å². The van der Waals surface area contributed by atoms with Gasteiger partial charge in [0, 0.05) is 18.5 Å². The van der Waals surface area contributed by atoms with Gasteiger partial charge in [0.15, 0.2) is 9.84 Å². The van der Waals surface area contributed by atoms with Crippen molar-refractivity contribution in [1.82, 2.24) is 4.98 Å². The molecule has 0 fully saturated rings. The Morgan fingerprint density at radius 3 is 2.21 bits per heavy atom. The molecule has 9 nitrogen and oxygen atoms in total. The molecule has 0 saturated heterocycles. The highest BCUT2D eigenvalue weighted by Crippen LogP contribution is 2.15. The van der Waals surface area contributed by atoms with E-state index in [1.54, 1.807) is 30.3 Å². The van der Waals surface area contributed by atoms with E-state index in [9.17, 15) is 16.8 Å². The number of hydrogen-bond acceptors (Lipinski definition) is 8. The second-order valence-electron chi connectivity index (χ2n) is 6.12. The molecule has 3 N–H and O–H groups in total. The van der Waals surface area contributed by atoms with Gasteiger partial charge in [-0.3, -0.25) is 4.55 Å². The maximum absolute atomic E-state index is 11.7. The van der Waals surface area contributed by atoms with E-state index >= 15 is 0 Å². The van der Waals surface area contributed by atoms with Crippen molar-refractivity contribution in [2.75, 3.05) is 30.3 Å². The third-order valence-corrected chi connectivity index (χ3v) is 5.63. The smallest absolute Gasteiger partial charge is 0.370 e. The number of anilines is 2. The molecule has 0 atom stereocenters. The van der Waals surface area contributed by atoms with Crippen LogP contribution in [0.15, 0.2) is 53.3 Å². The second-order valence-corrected chi connectivity index (χ2v) is 9.11. The van der Waals surface area contributed by atoms with Gasteiger partial charge in [0.2, 0.25) is 0 Å². The number of sulfone groups is 1. The van der Waals surface area contributed by atoms with Gasteiger partial charge < -0.3 is 10.6 Å². The Labute approximate surface area is 170 Å². The lowest BCUT2D eigenvalue weighted by atomic mass is 10.1. The summed E-state index contributed by atoms with van der Waals surface area (Å²) in [4.78, 5) is 4.58. The van der Waals surface area contributed by atoms with Gasteiger partial charge >= 0.3 is 10.4 Å². The summed E-state index contributed by atoms with van der Waals surface area (Å²) in [6, 6.07) is 10.3. The Balaban J connectivity index is 1.89. The summed E-state index contributed by atoms with van der Waals surface area (Å²) in [5, 5.41) is 7.03. The number of nitrogens with zero attached hydrogens (tertiary/aromatic N) is 1. The van der Waals surface area contributed by atoms with Crippen LogP contribution in [-0.2, 0) is 30.8 Å². The summed E-state index contributed by atoms with van der Waals surface area (Å²) < 4.78 is 57.2. The molecule has 1 aromatic carbocycles. The molecule has 0 bridgehead atoms. The van der Waals surface area contributed by atoms with Crippen molar-refractivity contribution < 1.29 is 25.6 Å². The lowest BCUT2D eigenvalue weighted by molar-refractivity contribution is 0.278. The highest BCUT2D eigenvalue weighted by molar-refractivity contribution is 7.94. The molecule has 1 aromatic heterocycles. The fraction of sp³-hybridized carbons (Fsp3) is 0.278. The molecule has 0 saturated carbocycles. The number of aromatic nitrogens is 1. The molecule has 0 radical (unpaired) electrons. The molecule has 0 aliphatic carbocycles. The quantitative estimate of drug-likeness (QED) is 0.354. The van der Waals surface area contributed by atoms with Gasteiger partial charge in [0.1, 0.15) is 11.6 Å². The van der Waals surface area contributed by atoms with Gasteiger partial charge in [-0.2, -0.15) is 8.42 Å². The molecule has 11 heteroatoms. The molecule has 0 aliphatic rings. The van der Waals surface area contributed by atoms with Gasteiger partial charge in [-0.05, 0) is 48.7 Å². The van der Waals surface area contributed by atoms with E-state index in [-0.39, 0.29) is 18.0 Å². The zero-order valence-corrected chi connectivity index (χ0v) is 17.5. The molecule has 0 unspecified atom stereocenters. The van der Waals surface area contributed by atoms with E-state index in [0.29, 0.717) is 24.6 Å². The second kappa shape index (κ2) is 9.83. The lowest BCUT2D eigenvalue weighted by Crippen LogP contribution is -2.14. The van der Waals surface area contributed by atoms with Crippen LogP contribution in [0.2, 0.25) is 0 Å². The van der Waals surface area contributed by atoms with Gasteiger partial charge in [-0.1, -0.05) is 18.7 Å². The van der Waals surface area contributed by atoms with E-state index in [0.717, 1.165) is 16.5 Å². The predicted octanol–water partition coefficient (Wildman–Crippen LogP) is 2.19. The maximum atomic E-state index is 11.7. The van der Waals surface area contributed by atoms with Crippen molar-refractivity contribution in [3.63, 3.8) is 0 Å².